The third-order valence-corrected chi connectivity index (χ3v) is 8.46. The van der Waals surface area contributed by atoms with Gasteiger partial charge in [-0.05, 0) is 82.7 Å². The number of alkyl halides is 3. The lowest BCUT2D eigenvalue weighted by molar-refractivity contribution is -0.141. The molecule has 1 aromatic heterocycles. The van der Waals surface area contributed by atoms with E-state index in [0.29, 0.717) is 23.7 Å². The van der Waals surface area contributed by atoms with Gasteiger partial charge in [-0.2, -0.15) is 13.2 Å². The van der Waals surface area contributed by atoms with Crippen LogP contribution in [0.3, 0.4) is 0 Å². The molecule has 2 heterocycles. The minimum Gasteiger partial charge on any atom is -0.317 e. The lowest BCUT2D eigenvalue weighted by Gasteiger charge is -2.51. The van der Waals surface area contributed by atoms with Crippen LogP contribution in [0.5, 0.6) is 0 Å². The number of hydrogen-bond donors (Lipinski definition) is 0. The van der Waals surface area contributed by atoms with Gasteiger partial charge in [-0.1, -0.05) is 30.3 Å². The minimum atomic E-state index is -4.51. The lowest BCUT2D eigenvalue weighted by Crippen LogP contribution is -2.55. The van der Waals surface area contributed by atoms with E-state index in [1.807, 2.05) is 11.0 Å². The van der Waals surface area contributed by atoms with Gasteiger partial charge in [-0.3, -0.25) is 9.80 Å². The third kappa shape index (κ3) is 4.20. The van der Waals surface area contributed by atoms with Gasteiger partial charge < -0.3 is 4.90 Å². The van der Waals surface area contributed by atoms with Crippen LogP contribution in [-0.4, -0.2) is 53.5 Å². The summed E-state index contributed by atoms with van der Waals surface area (Å²) in [6.07, 6.45) is 2.51. The first-order valence-electron chi connectivity index (χ1n) is 12.4. The smallest absolute Gasteiger partial charge is 0.317 e. The molecule has 35 heavy (non-hydrogen) atoms. The standard InChI is InChI=1S/C27H33F3N4O/c1-19-15-23(27(28,29)30)31-16-22(19)33-18-25(34(24(33)35)17-20-9-10-20)11-13-26(14-12-25,32(2)3)21-7-5-4-6-8-21/h4-8,15-16,20H,9-14,17-18H2,1-3H3/t25-,26-. The molecule has 5 rings (SSSR count). The number of hydrogen-bond acceptors (Lipinski definition) is 3. The van der Waals surface area contributed by atoms with Gasteiger partial charge in [0.1, 0.15) is 5.69 Å². The second-order valence-electron chi connectivity index (χ2n) is 10.8. The second kappa shape index (κ2) is 8.50. The fraction of sp³-hybridized carbons (Fsp3) is 0.556. The molecule has 0 N–H and O–H groups in total. The van der Waals surface area contributed by atoms with Crippen LogP contribution in [0.2, 0.25) is 0 Å². The van der Waals surface area contributed by atoms with Crippen molar-refractivity contribution in [1.82, 2.24) is 14.8 Å². The van der Waals surface area contributed by atoms with Crippen molar-refractivity contribution < 1.29 is 18.0 Å². The van der Waals surface area contributed by atoms with Crippen LogP contribution in [0.25, 0.3) is 0 Å². The lowest BCUT2D eigenvalue weighted by atomic mass is 9.68. The Labute approximate surface area is 204 Å². The Balaban J connectivity index is 1.46. The first-order chi connectivity index (χ1) is 16.6. The Morgan fingerprint density at radius 2 is 1.74 bits per heavy atom. The summed E-state index contributed by atoms with van der Waals surface area (Å²) in [5.41, 5.74) is 0.854. The van der Waals surface area contributed by atoms with Crippen LogP contribution in [0.1, 0.15) is 55.3 Å². The number of benzene rings is 1. The predicted octanol–water partition coefficient (Wildman–Crippen LogP) is 5.83. The maximum Gasteiger partial charge on any atom is 0.433 e. The molecule has 2 saturated carbocycles. The van der Waals surface area contributed by atoms with Crippen molar-refractivity contribution in [2.75, 3.05) is 32.1 Å². The van der Waals surface area contributed by atoms with Crippen LogP contribution in [0.15, 0.2) is 42.6 Å². The zero-order chi connectivity index (χ0) is 25.0. The van der Waals surface area contributed by atoms with E-state index in [0.717, 1.165) is 51.1 Å². The van der Waals surface area contributed by atoms with Crippen molar-refractivity contribution in [1.29, 1.82) is 0 Å². The molecule has 8 heteroatoms. The molecule has 0 atom stereocenters. The van der Waals surface area contributed by atoms with Gasteiger partial charge in [0.2, 0.25) is 0 Å². The summed E-state index contributed by atoms with van der Waals surface area (Å²) in [6, 6.07) is 11.5. The van der Waals surface area contributed by atoms with Crippen molar-refractivity contribution in [2.45, 2.75) is 62.7 Å². The van der Waals surface area contributed by atoms with Gasteiger partial charge in [-0.15, -0.1) is 0 Å². The number of halogens is 3. The highest BCUT2D eigenvalue weighted by Gasteiger charge is 2.55. The van der Waals surface area contributed by atoms with E-state index in [4.69, 9.17) is 0 Å². The van der Waals surface area contributed by atoms with Crippen molar-refractivity contribution >= 4 is 11.7 Å². The van der Waals surface area contributed by atoms with E-state index in [1.165, 1.54) is 11.8 Å². The Morgan fingerprint density at radius 1 is 1.09 bits per heavy atom. The van der Waals surface area contributed by atoms with Gasteiger partial charge in [0.05, 0.1) is 24.0 Å². The Bertz CT molecular complexity index is 1090. The molecule has 2 amide bonds. The number of urea groups is 1. The van der Waals surface area contributed by atoms with Gasteiger partial charge >= 0.3 is 12.2 Å². The number of nitrogens with zero attached hydrogens (tertiary/aromatic N) is 4. The molecule has 3 fully saturated rings. The highest BCUT2D eigenvalue weighted by atomic mass is 19.4. The number of carbonyl (C=O) groups excluding carboxylic acids is 1. The van der Waals surface area contributed by atoms with Gasteiger partial charge in [0, 0.05) is 12.1 Å². The number of aromatic nitrogens is 1. The van der Waals surface area contributed by atoms with Crippen LogP contribution in [0, 0.1) is 12.8 Å². The summed E-state index contributed by atoms with van der Waals surface area (Å²) in [6.45, 7) is 2.84. The van der Waals surface area contributed by atoms with E-state index < -0.39 is 11.9 Å². The maximum atomic E-state index is 13.7. The predicted molar refractivity (Wildman–Crippen MR) is 129 cm³/mol. The molecule has 5 nitrogen and oxygen atoms in total. The first kappa shape index (κ1) is 24.1. The van der Waals surface area contributed by atoms with Crippen molar-refractivity contribution in [3.05, 3.63) is 59.4 Å². The van der Waals surface area contributed by atoms with Crippen LogP contribution >= 0.6 is 0 Å². The van der Waals surface area contributed by atoms with Gasteiger partial charge in [0.15, 0.2) is 0 Å². The van der Waals surface area contributed by atoms with Crippen LogP contribution in [-0.2, 0) is 11.7 Å². The number of carbonyl (C=O) groups is 1. The van der Waals surface area contributed by atoms with Gasteiger partial charge in [0.25, 0.3) is 0 Å². The number of pyridine rings is 1. The Kier molecular flexibility index (Phi) is 5.86. The van der Waals surface area contributed by atoms with E-state index in [-0.39, 0.29) is 17.1 Å². The van der Waals surface area contributed by atoms with E-state index in [1.54, 1.807) is 11.8 Å². The molecule has 1 saturated heterocycles. The summed E-state index contributed by atoms with van der Waals surface area (Å²) >= 11 is 0. The zero-order valence-corrected chi connectivity index (χ0v) is 20.6. The monoisotopic (exact) mass is 486 g/mol. The molecule has 0 bridgehead atoms. The van der Waals surface area contributed by atoms with E-state index in [9.17, 15) is 18.0 Å². The second-order valence-corrected chi connectivity index (χ2v) is 10.8. The zero-order valence-electron chi connectivity index (χ0n) is 20.6. The van der Waals surface area contributed by atoms with E-state index in [2.05, 4.69) is 48.2 Å². The third-order valence-electron chi connectivity index (χ3n) is 8.46. The number of aryl methyl sites for hydroxylation is 1. The largest absolute Gasteiger partial charge is 0.433 e. The maximum absolute atomic E-state index is 13.7. The molecule has 0 unspecified atom stereocenters. The van der Waals surface area contributed by atoms with Gasteiger partial charge in [-0.25, -0.2) is 9.78 Å². The molecule has 1 spiro atoms. The number of anilines is 1. The molecule has 2 aliphatic carbocycles. The van der Waals surface area contributed by atoms with Crippen LogP contribution < -0.4 is 4.90 Å². The molecule has 3 aliphatic rings. The highest BCUT2D eigenvalue weighted by Crippen LogP contribution is 2.50. The topological polar surface area (TPSA) is 39.7 Å². The first-order valence-corrected chi connectivity index (χ1v) is 12.4. The fourth-order valence-corrected chi connectivity index (χ4v) is 6.10. The SMILES string of the molecule is Cc1cc(C(F)(F)F)ncc1N1C[C@]2(CC[C@@](c3ccccc3)(N(C)C)CC2)N(CC2CC2)C1=O. The molecule has 188 valence electrons. The summed E-state index contributed by atoms with van der Waals surface area (Å²) in [7, 11) is 4.24. The van der Waals surface area contributed by atoms with Crippen molar-refractivity contribution in [3.8, 4) is 0 Å². The summed E-state index contributed by atoms with van der Waals surface area (Å²) in [5.74, 6) is 0.525. The summed E-state index contributed by atoms with van der Waals surface area (Å²) in [5, 5.41) is 0. The average Bonchev–Trinajstić information content (AvgIpc) is 3.61. The Morgan fingerprint density at radius 3 is 2.29 bits per heavy atom. The molecule has 1 aliphatic heterocycles. The normalized spacial score (nSPS) is 27.3. The molecular weight excluding hydrogens is 453 g/mol. The average molecular weight is 487 g/mol. The molecule has 0 radical (unpaired) electrons. The van der Waals surface area contributed by atoms with Crippen molar-refractivity contribution in [3.63, 3.8) is 0 Å². The molecular formula is C27H33F3N4O. The molecule has 1 aromatic carbocycles. The quantitative estimate of drug-likeness (QED) is 0.534. The highest BCUT2D eigenvalue weighted by molar-refractivity contribution is 5.96. The number of amides is 2. The van der Waals surface area contributed by atoms with E-state index >= 15 is 0 Å². The Hall–Kier alpha value is -2.61. The van der Waals surface area contributed by atoms with Crippen molar-refractivity contribution in [2.24, 2.45) is 5.92 Å². The summed E-state index contributed by atoms with van der Waals surface area (Å²) in [4.78, 5) is 23.4. The minimum absolute atomic E-state index is 0.0972. The number of rotatable bonds is 5. The van der Waals surface area contributed by atoms with Crippen LogP contribution in [0.4, 0.5) is 23.7 Å². The fourth-order valence-electron chi connectivity index (χ4n) is 6.10. The molecule has 2 aromatic rings. The summed E-state index contributed by atoms with van der Waals surface area (Å²) < 4.78 is 39.5.